The van der Waals surface area contributed by atoms with Gasteiger partial charge in [0, 0.05) is 34.0 Å². The number of carbonyl (C=O) groups is 3. The third-order valence-corrected chi connectivity index (χ3v) is 7.42. The monoisotopic (exact) mass is 580 g/mol. The Bertz CT molecular complexity index is 1720. The smallest absolute Gasteiger partial charge is 0.283 e. The van der Waals surface area contributed by atoms with Crippen LogP contribution >= 0.6 is 11.8 Å². The number of amides is 3. The first-order chi connectivity index (χ1) is 20.2. The van der Waals surface area contributed by atoms with E-state index >= 15 is 0 Å². The molecule has 1 aliphatic rings. The highest BCUT2D eigenvalue weighted by Crippen LogP contribution is 2.39. The maximum atomic E-state index is 13.7. The summed E-state index contributed by atoms with van der Waals surface area (Å²) in [6.45, 7) is 1.95. The van der Waals surface area contributed by atoms with Crippen molar-refractivity contribution in [3.8, 4) is 5.75 Å². The predicted octanol–water partition coefficient (Wildman–Crippen LogP) is 6.15. The Labute approximate surface area is 245 Å². The number of aryl methyl sites for hydroxylation is 1. The summed E-state index contributed by atoms with van der Waals surface area (Å²) in [4.78, 5) is 52.3. The number of non-ortho nitro benzene ring substituents is 1. The molecule has 210 valence electrons. The molecule has 4 aromatic carbocycles. The van der Waals surface area contributed by atoms with E-state index < -0.39 is 22.6 Å². The molecule has 0 atom stereocenters. The number of nitro groups is 1. The Balaban J connectivity index is 1.42. The second kappa shape index (κ2) is 12.0. The van der Waals surface area contributed by atoms with E-state index in [1.54, 1.807) is 48.5 Å². The summed E-state index contributed by atoms with van der Waals surface area (Å²) in [5.41, 5.74) is 2.80. The number of nitro benzene ring substituents is 1. The van der Waals surface area contributed by atoms with Crippen molar-refractivity contribution in [2.45, 2.75) is 11.8 Å². The van der Waals surface area contributed by atoms with Crippen LogP contribution in [0.15, 0.2) is 113 Å². The van der Waals surface area contributed by atoms with Crippen molar-refractivity contribution >= 4 is 52.2 Å². The third-order valence-electron chi connectivity index (χ3n) is 6.35. The van der Waals surface area contributed by atoms with Crippen LogP contribution in [0.25, 0.3) is 0 Å². The number of hydrogen-bond donors (Lipinski definition) is 2. The molecule has 1 aliphatic heterocycles. The largest absolute Gasteiger partial charge is 0.497 e. The Kier molecular flexibility index (Phi) is 8.02. The molecular weight excluding hydrogens is 556 g/mol. The molecule has 5 rings (SSSR count). The van der Waals surface area contributed by atoms with Crippen molar-refractivity contribution in [2.24, 2.45) is 0 Å². The maximum Gasteiger partial charge on any atom is 0.283 e. The molecule has 42 heavy (non-hydrogen) atoms. The fourth-order valence-corrected chi connectivity index (χ4v) is 5.14. The lowest BCUT2D eigenvalue weighted by atomic mass is 10.2. The normalized spacial score (nSPS) is 12.9. The number of hydrogen-bond acceptors (Lipinski definition) is 8. The van der Waals surface area contributed by atoms with Crippen molar-refractivity contribution in [3.05, 3.63) is 129 Å². The van der Waals surface area contributed by atoms with Gasteiger partial charge in [0.15, 0.2) is 0 Å². The number of ether oxygens (including phenoxy) is 1. The number of imide groups is 1. The van der Waals surface area contributed by atoms with E-state index in [9.17, 15) is 24.5 Å². The van der Waals surface area contributed by atoms with Crippen LogP contribution in [0.5, 0.6) is 5.75 Å². The molecule has 0 saturated heterocycles. The van der Waals surface area contributed by atoms with Crippen LogP contribution < -0.4 is 20.3 Å². The lowest BCUT2D eigenvalue weighted by molar-refractivity contribution is -0.384. The average Bonchev–Trinajstić information content (AvgIpc) is 3.22. The highest BCUT2D eigenvalue weighted by molar-refractivity contribution is 8.04. The number of benzene rings is 4. The van der Waals surface area contributed by atoms with Crippen molar-refractivity contribution < 1.29 is 24.0 Å². The molecule has 0 radical (unpaired) electrons. The number of methoxy groups -OCH3 is 1. The van der Waals surface area contributed by atoms with E-state index in [0.717, 1.165) is 22.2 Å². The zero-order valence-electron chi connectivity index (χ0n) is 22.5. The second-order valence-electron chi connectivity index (χ2n) is 9.23. The molecule has 4 aromatic rings. The lowest BCUT2D eigenvalue weighted by Crippen LogP contribution is -2.32. The molecule has 0 saturated carbocycles. The number of rotatable bonds is 9. The van der Waals surface area contributed by atoms with E-state index in [1.165, 1.54) is 31.4 Å². The highest BCUT2D eigenvalue weighted by atomic mass is 32.2. The average molecular weight is 581 g/mol. The Hall–Kier alpha value is -5.42. The maximum absolute atomic E-state index is 13.7. The third kappa shape index (κ3) is 6.01. The minimum absolute atomic E-state index is 0.118. The first-order valence-electron chi connectivity index (χ1n) is 12.7. The first-order valence-corrected chi connectivity index (χ1v) is 13.5. The van der Waals surface area contributed by atoms with Crippen LogP contribution in [-0.2, 0) is 9.59 Å². The molecule has 0 spiro atoms. The molecule has 10 nitrogen and oxygen atoms in total. The topological polar surface area (TPSA) is 131 Å². The minimum Gasteiger partial charge on any atom is -0.497 e. The van der Waals surface area contributed by atoms with Crippen molar-refractivity contribution in [2.75, 3.05) is 22.6 Å². The van der Waals surface area contributed by atoms with Gasteiger partial charge in [-0.3, -0.25) is 24.5 Å². The van der Waals surface area contributed by atoms with Gasteiger partial charge in [-0.15, -0.1) is 0 Å². The molecule has 0 bridgehead atoms. The van der Waals surface area contributed by atoms with Gasteiger partial charge in [0.05, 0.1) is 17.7 Å². The number of thioether (sulfide) groups is 1. The number of nitrogens with one attached hydrogen (secondary N) is 2. The summed E-state index contributed by atoms with van der Waals surface area (Å²) in [5.74, 6) is -0.863. The fraction of sp³-hybridized carbons (Fsp3) is 0.0645. The predicted molar refractivity (Wildman–Crippen MR) is 161 cm³/mol. The van der Waals surface area contributed by atoms with Crippen LogP contribution in [0.2, 0.25) is 0 Å². The van der Waals surface area contributed by atoms with Crippen molar-refractivity contribution in [1.82, 2.24) is 0 Å². The highest BCUT2D eigenvalue weighted by Gasteiger charge is 2.40. The number of anilines is 3. The van der Waals surface area contributed by atoms with Gasteiger partial charge in [0.2, 0.25) is 0 Å². The summed E-state index contributed by atoms with van der Waals surface area (Å²) in [5, 5.41) is 16.8. The quantitative estimate of drug-likeness (QED) is 0.137. The summed E-state index contributed by atoms with van der Waals surface area (Å²) in [7, 11) is 1.53. The molecule has 0 fully saturated rings. The minimum atomic E-state index is -0.538. The van der Waals surface area contributed by atoms with Gasteiger partial charge in [-0.05, 0) is 73.7 Å². The number of carbonyl (C=O) groups excluding carboxylic acids is 3. The van der Waals surface area contributed by atoms with Gasteiger partial charge in [-0.25, -0.2) is 4.90 Å². The van der Waals surface area contributed by atoms with Crippen molar-refractivity contribution in [3.63, 3.8) is 0 Å². The summed E-state index contributed by atoms with van der Waals surface area (Å²) < 4.78 is 5.20. The molecular formula is C31H24N4O6S. The van der Waals surface area contributed by atoms with Crippen LogP contribution in [0, 0.1) is 17.0 Å². The van der Waals surface area contributed by atoms with Crippen LogP contribution in [0.4, 0.5) is 22.7 Å². The summed E-state index contributed by atoms with van der Waals surface area (Å²) in [6.07, 6.45) is 0. The zero-order chi connectivity index (χ0) is 29.8. The molecule has 2 N–H and O–H groups in total. The standard InChI is InChI=1S/C31H24N4O6S/c1-19-6-10-21(11-7-19)32-27-28(31(38)34(30(27)37)23-14-16-25(41-2)17-15-23)42-26-5-3-4-22(18-26)33-29(36)20-8-12-24(13-9-20)35(39)40/h3-18,32H,1-2H3,(H,33,36). The van der Waals surface area contributed by atoms with E-state index in [0.29, 0.717) is 27.7 Å². The van der Waals surface area contributed by atoms with Gasteiger partial charge < -0.3 is 15.4 Å². The Morgan fingerprint density at radius 3 is 2.21 bits per heavy atom. The molecule has 0 unspecified atom stereocenters. The SMILES string of the molecule is COc1ccc(N2C(=O)C(Nc3ccc(C)cc3)=C(Sc3cccc(NC(=O)c4ccc([N+](=O)[O-])cc4)c3)C2=O)cc1. The van der Waals surface area contributed by atoms with Crippen molar-refractivity contribution in [1.29, 1.82) is 0 Å². The molecule has 1 heterocycles. The second-order valence-corrected chi connectivity index (χ2v) is 10.3. The van der Waals surface area contributed by atoms with E-state index in [2.05, 4.69) is 10.6 Å². The summed E-state index contributed by atoms with van der Waals surface area (Å²) >= 11 is 1.10. The van der Waals surface area contributed by atoms with E-state index in [4.69, 9.17) is 4.74 Å². The zero-order valence-corrected chi connectivity index (χ0v) is 23.3. The fourth-order valence-electron chi connectivity index (χ4n) is 4.15. The Morgan fingerprint density at radius 1 is 0.881 bits per heavy atom. The van der Waals surface area contributed by atoms with Crippen LogP contribution in [0.3, 0.4) is 0 Å². The van der Waals surface area contributed by atoms with Crippen LogP contribution in [-0.4, -0.2) is 29.8 Å². The van der Waals surface area contributed by atoms with E-state index in [1.807, 2.05) is 31.2 Å². The van der Waals surface area contributed by atoms with Gasteiger partial charge in [-0.2, -0.15) is 0 Å². The lowest BCUT2D eigenvalue weighted by Gasteiger charge is -2.15. The summed E-state index contributed by atoms with van der Waals surface area (Å²) in [6, 6.07) is 26.2. The van der Waals surface area contributed by atoms with E-state index in [-0.39, 0.29) is 21.9 Å². The Morgan fingerprint density at radius 2 is 1.57 bits per heavy atom. The van der Waals surface area contributed by atoms with Gasteiger partial charge >= 0.3 is 0 Å². The van der Waals surface area contributed by atoms with Gasteiger partial charge in [-0.1, -0.05) is 35.5 Å². The molecule has 11 heteroatoms. The number of nitrogens with zero attached hydrogens (tertiary/aromatic N) is 2. The van der Waals surface area contributed by atoms with Gasteiger partial charge in [0.25, 0.3) is 23.4 Å². The first kappa shape index (κ1) is 28.1. The molecule has 0 aromatic heterocycles. The molecule has 0 aliphatic carbocycles. The van der Waals surface area contributed by atoms with Crippen LogP contribution in [0.1, 0.15) is 15.9 Å². The molecule has 3 amide bonds. The van der Waals surface area contributed by atoms with Gasteiger partial charge in [0.1, 0.15) is 16.4 Å².